The first-order chi connectivity index (χ1) is 14.2. The Bertz CT molecular complexity index is 973. The summed E-state index contributed by atoms with van der Waals surface area (Å²) in [5.74, 6) is 0.916. The number of benzene rings is 3. The molecule has 2 aliphatic heterocycles. The number of nitrogens with zero attached hydrogens (tertiary/aromatic N) is 2. The number of ether oxygens (including phenoxy) is 1. The van der Waals surface area contributed by atoms with Gasteiger partial charge in [0.1, 0.15) is 11.9 Å². The van der Waals surface area contributed by atoms with Crippen molar-refractivity contribution in [2.75, 3.05) is 23.3 Å². The van der Waals surface area contributed by atoms with Crippen LogP contribution in [0, 0.1) is 0 Å². The molecule has 1 N–H and O–H groups in total. The van der Waals surface area contributed by atoms with E-state index in [2.05, 4.69) is 22.3 Å². The van der Waals surface area contributed by atoms with Gasteiger partial charge in [-0.25, -0.2) is 4.79 Å². The number of nitrogens with one attached hydrogen (secondary N) is 1. The molecule has 0 aromatic heterocycles. The topological polar surface area (TPSA) is 44.8 Å². The number of rotatable bonds is 4. The van der Waals surface area contributed by atoms with Gasteiger partial charge in [0.15, 0.2) is 0 Å². The second-order valence-electron chi connectivity index (χ2n) is 7.56. The van der Waals surface area contributed by atoms with Crippen molar-refractivity contribution in [3.05, 3.63) is 90.0 Å². The average Bonchev–Trinajstić information content (AvgIpc) is 3.16. The van der Waals surface area contributed by atoms with Crippen molar-refractivity contribution in [3.63, 3.8) is 0 Å². The predicted octanol–water partition coefficient (Wildman–Crippen LogP) is 4.50. The third kappa shape index (κ3) is 3.76. The molecule has 5 rings (SSSR count). The smallest absolute Gasteiger partial charge is 0.322 e. The maximum absolute atomic E-state index is 12.6. The first-order valence-electron chi connectivity index (χ1n) is 9.94. The Morgan fingerprint density at radius 1 is 0.828 bits per heavy atom. The SMILES string of the molecule is O=C(Nc1ccc(N2CC(Oc3ccccc3)C2)cc1)N1Cc2ccccc2C1. The van der Waals surface area contributed by atoms with Crippen molar-refractivity contribution in [3.8, 4) is 5.75 Å². The zero-order valence-electron chi connectivity index (χ0n) is 16.1. The lowest BCUT2D eigenvalue weighted by Crippen LogP contribution is -2.54. The molecule has 0 radical (unpaired) electrons. The van der Waals surface area contributed by atoms with Gasteiger partial charge in [0.2, 0.25) is 0 Å². The molecule has 1 fully saturated rings. The van der Waals surface area contributed by atoms with E-state index in [9.17, 15) is 4.79 Å². The molecule has 0 spiro atoms. The van der Waals surface area contributed by atoms with Crippen molar-refractivity contribution in [2.45, 2.75) is 19.2 Å². The van der Waals surface area contributed by atoms with E-state index < -0.39 is 0 Å². The highest BCUT2D eigenvalue weighted by molar-refractivity contribution is 5.90. The summed E-state index contributed by atoms with van der Waals surface area (Å²) >= 11 is 0. The third-order valence-electron chi connectivity index (χ3n) is 5.51. The van der Waals surface area contributed by atoms with Crippen LogP contribution in [0.3, 0.4) is 0 Å². The summed E-state index contributed by atoms with van der Waals surface area (Å²) in [5.41, 5.74) is 4.41. The largest absolute Gasteiger partial charge is 0.487 e. The maximum atomic E-state index is 12.6. The summed E-state index contributed by atoms with van der Waals surface area (Å²) < 4.78 is 5.96. The summed E-state index contributed by atoms with van der Waals surface area (Å²) in [7, 11) is 0. The van der Waals surface area contributed by atoms with E-state index in [4.69, 9.17) is 4.74 Å². The minimum Gasteiger partial charge on any atom is -0.487 e. The second kappa shape index (κ2) is 7.51. The Morgan fingerprint density at radius 3 is 2.10 bits per heavy atom. The Kier molecular flexibility index (Phi) is 4.56. The van der Waals surface area contributed by atoms with Gasteiger partial charge in [-0.3, -0.25) is 0 Å². The molecular weight excluding hydrogens is 362 g/mol. The maximum Gasteiger partial charge on any atom is 0.322 e. The van der Waals surface area contributed by atoms with Crippen LogP contribution in [0.2, 0.25) is 0 Å². The number of carbonyl (C=O) groups excluding carboxylic acids is 1. The van der Waals surface area contributed by atoms with E-state index in [-0.39, 0.29) is 12.1 Å². The summed E-state index contributed by atoms with van der Waals surface area (Å²) in [6.07, 6.45) is 0.216. The normalized spacial score (nSPS) is 15.6. The quantitative estimate of drug-likeness (QED) is 0.719. The van der Waals surface area contributed by atoms with E-state index in [0.29, 0.717) is 13.1 Å². The zero-order valence-corrected chi connectivity index (χ0v) is 16.1. The monoisotopic (exact) mass is 385 g/mol. The molecular formula is C24H23N3O2. The Hall–Kier alpha value is -3.47. The first-order valence-corrected chi connectivity index (χ1v) is 9.94. The second-order valence-corrected chi connectivity index (χ2v) is 7.56. The number of para-hydroxylation sites is 1. The van der Waals surface area contributed by atoms with Crippen molar-refractivity contribution in [1.82, 2.24) is 4.90 Å². The number of hydrogen-bond donors (Lipinski definition) is 1. The number of anilines is 2. The van der Waals surface area contributed by atoms with Gasteiger partial charge in [0.05, 0.1) is 13.1 Å². The predicted molar refractivity (Wildman–Crippen MR) is 114 cm³/mol. The Labute approximate surface area is 170 Å². The highest BCUT2D eigenvalue weighted by Gasteiger charge is 2.28. The summed E-state index contributed by atoms with van der Waals surface area (Å²) in [6, 6.07) is 26.1. The van der Waals surface area contributed by atoms with Crippen LogP contribution in [0.25, 0.3) is 0 Å². The van der Waals surface area contributed by atoms with Gasteiger partial charge in [-0.15, -0.1) is 0 Å². The van der Waals surface area contributed by atoms with Crippen LogP contribution in [0.5, 0.6) is 5.75 Å². The van der Waals surface area contributed by atoms with Crippen molar-refractivity contribution < 1.29 is 9.53 Å². The van der Waals surface area contributed by atoms with Gasteiger partial charge in [-0.05, 0) is 47.5 Å². The fourth-order valence-electron chi connectivity index (χ4n) is 3.85. The number of hydrogen-bond acceptors (Lipinski definition) is 3. The van der Waals surface area contributed by atoms with Crippen molar-refractivity contribution >= 4 is 17.4 Å². The molecule has 29 heavy (non-hydrogen) atoms. The Morgan fingerprint density at radius 2 is 1.45 bits per heavy atom. The fourth-order valence-corrected chi connectivity index (χ4v) is 3.85. The van der Waals surface area contributed by atoms with Gasteiger partial charge in [-0.1, -0.05) is 42.5 Å². The van der Waals surface area contributed by atoms with Crippen LogP contribution >= 0.6 is 0 Å². The van der Waals surface area contributed by atoms with E-state index in [1.807, 2.05) is 71.6 Å². The lowest BCUT2D eigenvalue weighted by Gasteiger charge is -2.40. The minimum atomic E-state index is -0.0609. The molecule has 1 saturated heterocycles. The van der Waals surface area contributed by atoms with Crippen LogP contribution in [-0.4, -0.2) is 30.1 Å². The van der Waals surface area contributed by atoms with Crippen molar-refractivity contribution in [2.24, 2.45) is 0 Å². The summed E-state index contributed by atoms with van der Waals surface area (Å²) in [4.78, 5) is 16.7. The highest BCUT2D eigenvalue weighted by atomic mass is 16.5. The van der Waals surface area contributed by atoms with E-state index in [1.165, 1.54) is 11.1 Å². The first kappa shape index (κ1) is 17.6. The van der Waals surface area contributed by atoms with Crippen LogP contribution < -0.4 is 15.0 Å². The van der Waals surface area contributed by atoms with Crippen LogP contribution in [0.4, 0.5) is 16.2 Å². The van der Waals surface area contributed by atoms with Crippen LogP contribution in [-0.2, 0) is 13.1 Å². The summed E-state index contributed by atoms with van der Waals surface area (Å²) in [5, 5.41) is 3.01. The van der Waals surface area contributed by atoms with Gasteiger partial charge in [0, 0.05) is 24.5 Å². The molecule has 146 valence electrons. The molecule has 0 unspecified atom stereocenters. The molecule has 3 aromatic rings. The number of amides is 2. The average molecular weight is 385 g/mol. The van der Waals surface area contributed by atoms with Crippen molar-refractivity contribution in [1.29, 1.82) is 0 Å². The highest BCUT2D eigenvalue weighted by Crippen LogP contribution is 2.26. The zero-order chi connectivity index (χ0) is 19.6. The van der Waals surface area contributed by atoms with Crippen LogP contribution in [0.1, 0.15) is 11.1 Å². The third-order valence-corrected chi connectivity index (χ3v) is 5.51. The number of fused-ring (bicyclic) bond motifs is 1. The molecule has 5 heteroatoms. The molecule has 5 nitrogen and oxygen atoms in total. The van der Waals surface area contributed by atoms with Gasteiger partial charge in [0.25, 0.3) is 0 Å². The van der Waals surface area contributed by atoms with E-state index in [1.54, 1.807) is 0 Å². The molecule has 0 saturated carbocycles. The van der Waals surface area contributed by atoms with E-state index >= 15 is 0 Å². The molecule has 0 bridgehead atoms. The molecule has 2 aliphatic rings. The van der Waals surface area contributed by atoms with Crippen LogP contribution in [0.15, 0.2) is 78.9 Å². The summed E-state index contributed by atoms with van der Waals surface area (Å²) in [6.45, 7) is 3.06. The number of urea groups is 1. The lowest BCUT2D eigenvalue weighted by atomic mass is 10.1. The molecule has 3 aromatic carbocycles. The lowest BCUT2D eigenvalue weighted by molar-refractivity contribution is 0.167. The van der Waals surface area contributed by atoms with Gasteiger partial charge in [-0.2, -0.15) is 0 Å². The fraction of sp³-hybridized carbons (Fsp3) is 0.208. The molecule has 2 amide bonds. The van der Waals surface area contributed by atoms with E-state index in [0.717, 1.165) is 30.2 Å². The standard InChI is InChI=1S/C24H23N3O2/c28-24(27-14-18-6-4-5-7-19(18)15-27)25-20-10-12-21(13-11-20)26-16-23(17-26)29-22-8-2-1-3-9-22/h1-13,23H,14-17H2,(H,25,28). The minimum absolute atomic E-state index is 0.0609. The van der Waals surface area contributed by atoms with Gasteiger partial charge >= 0.3 is 6.03 Å². The number of carbonyl (C=O) groups is 1. The molecule has 0 aliphatic carbocycles. The Balaban J connectivity index is 1.13. The molecule has 0 atom stereocenters. The van der Waals surface area contributed by atoms with Gasteiger partial charge < -0.3 is 19.9 Å². The molecule has 2 heterocycles.